The number of hydrogen-bond donors (Lipinski definition) is 0. The van der Waals surface area contributed by atoms with Gasteiger partial charge in [-0.25, -0.2) is 9.97 Å². The predicted octanol–water partition coefficient (Wildman–Crippen LogP) is 1.14. The number of aromatic nitrogens is 2. The van der Waals surface area contributed by atoms with Gasteiger partial charge in [0.05, 0.1) is 11.3 Å². The Morgan fingerprint density at radius 2 is 2.15 bits per heavy atom. The Labute approximate surface area is 81.6 Å². The maximum absolute atomic E-state index is 11.5. The number of nitrogens with zero attached hydrogens (tertiary/aromatic N) is 3. The van der Waals surface area contributed by atoms with Gasteiger partial charge in [-0.05, 0) is 18.5 Å². The highest BCUT2D eigenvalue weighted by molar-refractivity contribution is 6.28. The molecule has 0 spiro atoms. The van der Waals surface area contributed by atoms with Crippen LogP contribution in [0.3, 0.4) is 0 Å². The zero-order valence-electron chi connectivity index (χ0n) is 7.71. The molecular formula is C8H10ClN3O. The Bertz CT molecular complexity index is 338. The first-order valence-electron chi connectivity index (χ1n) is 3.73. The molecule has 70 valence electrons. The van der Waals surface area contributed by atoms with Crippen molar-refractivity contribution in [1.29, 1.82) is 0 Å². The van der Waals surface area contributed by atoms with E-state index in [1.807, 2.05) is 0 Å². The third-order valence-corrected chi connectivity index (χ3v) is 1.77. The van der Waals surface area contributed by atoms with Crippen molar-refractivity contribution in [1.82, 2.24) is 14.9 Å². The predicted molar refractivity (Wildman–Crippen MR) is 49.8 cm³/mol. The van der Waals surface area contributed by atoms with Crippen LogP contribution in [-0.2, 0) is 0 Å². The lowest BCUT2D eigenvalue weighted by Gasteiger charge is -2.10. The molecule has 0 N–H and O–H groups in total. The lowest BCUT2D eigenvalue weighted by atomic mass is 10.2. The lowest BCUT2D eigenvalue weighted by Crippen LogP contribution is -2.23. The molecule has 0 fully saturated rings. The lowest BCUT2D eigenvalue weighted by molar-refractivity contribution is 0.0826. The summed E-state index contributed by atoms with van der Waals surface area (Å²) in [7, 11) is 3.35. The van der Waals surface area contributed by atoms with Crippen LogP contribution in [0.1, 0.15) is 16.1 Å². The van der Waals surface area contributed by atoms with Gasteiger partial charge in [0.1, 0.15) is 0 Å². The van der Waals surface area contributed by atoms with Crippen molar-refractivity contribution in [3.8, 4) is 0 Å². The van der Waals surface area contributed by atoms with E-state index in [1.165, 1.54) is 11.1 Å². The molecule has 1 rings (SSSR count). The fraction of sp³-hybridized carbons (Fsp3) is 0.375. The summed E-state index contributed by atoms with van der Waals surface area (Å²) >= 11 is 5.55. The summed E-state index contributed by atoms with van der Waals surface area (Å²) in [5.74, 6) is -0.117. The number of amides is 1. The third-order valence-electron chi connectivity index (χ3n) is 1.59. The maximum atomic E-state index is 11.5. The Morgan fingerprint density at radius 3 is 2.62 bits per heavy atom. The summed E-state index contributed by atoms with van der Waals surface area (Å²) in [6, 6.07) is 0. The van der Waals surface area contributed by atoms with Crippen molar-refractivity contribution in [2.24, 2.45) is 0 Å². The van der Waals surface area contributed by atoms with E-state index in [4.69, 9.17) is 11.6 Å². The fourth-order valence-electron chi connectivity index (χ4n) is 0.890. The van der Waals surface area contributed by atoms with E-state index in [0.717, 1.165) is 0 Å². The molecule has 1 aromatic rings. The van der Waals surface area contributed by atoms with Gasteiger partial charge < -0.3 is 4.90 Å². The first kappa shape index (κ1) is 9.92. The summed E-state index contributed by atoms with van der Waals surface area (Å²) in [6.45, 7) is 1.73. The van der Waals surface area contributed by atoms with Crippen molar-refractivity contribution in [3.63, 3.8) is 0 Å². The van der Waals surface area contributed by atoms with Crippen LogP contribution in [0.5, 0.6) is 0 Å². The van der Waals surface area contributed by atoms with Crippen LogP contribution in [0.15, 0.2) is 6.20 Å². The molecule has 0 saturated carbocycles. The molecule has 1 heterocycles. The molecule has 0 bridgehead atoms. The number of hydrogen-bond acceptors (Lipinski definition) is 3. The number of halogens is 1. The molecule has 13 heavy (non-hydrogen) atoms. The van der Waals surface area contributed by atoms with E-state index in [-0.39, 0.29) is 11.2 Å². The van der Waals surface area contributed by atoms with Crippen LogP contribution in [0.2, 0.25) is 5.28 Å². The van der Waals surface area contributed by atoms with Crippen molar-refractivity contribution < 1.29 is 4.79 Å². The second kappa shape index (κ2) is 3.70. The first-order valence-corrected chi connectivity index (χ1v) is 4.11. The summed E-state index contributed by atoms with van der Waals surface area (Å²) < 4.78 is 0. The zero-order valence-corrected chi connectivity index (χ0v) is 8.46. The van der Waals surface area contributed by atoms with E-state index >= 15 is 0 Å². The molecule has 0 aliphatic carbocycles. The number of carbonyl (C=O) groups is 1. The van der Waals surface area contributed by atoms with Crippen LogP contribution < -0.4 is 0 Å². The SMILES string of the molecule is Cc1nc(Cl)ncc1C(=O)N(C)C. The van der Waals surface area contributed by atoms with Gasteiger partial charge in [0.25, 0.3) is 5.91 Å². The quantitative estimate of drug-likeness (QED) is 0.638. The second-order valence-corrected chi connectivity index (χ2v) is 3.18. The average Bonchev–Trinajstić information content (AvgIpc) is 2.03. The molecule has 0 atom stereocenters. The van der Waals surface area contributed by atoms with Gasteiger partial charge in [-0.2, -0.15) is 0 Å². The molecule has 4 nitrogen and oxygen atoms in total. The maximum Gasteiger partial charge on any atom is 0.256 e. The molecule has 0 aliphatic heterocycles. The standard InChI is InChI=1S/C8H10ClN3O/c1-5-6(7(13)12(2)3)4-10-8(9)11-5/h4H,1-3H3. The van der Waals surface area contributed by atoms with E-state index in [0.29, 0.717) is 11.3 Å². The minimum atomic E-state index is -0.117. The van der Waals surface area contributed by atoms with E-state index < -0.39 is 0 Å². The Balaban J connectivity index is 3.09. The van der Waals surface area contributed by atoms with E-state index in [1.54, 1.807) is 21.0 Å². The summed E-state index contributed by atoms with van der Waals surface area (Å²) in [5, 5.41) is 0.160. The molecule has 0 aliphatic rings. The number of rotatable bonds is 1. The van der Waals surface area contributed by atoms with Gasteiger partial charge in [-0.3, -0.25) is 4.79 Å². The van der Waals surface area contributed by atoms with Crippen LogP contribution in [-0.4, -0.2) is 34.9 Å². The first-order chi connectivity index (χ1) is 6.02. The zero-order chi connectivity index (χ0) is 10.0. The van der Waals surface area contributed by atoms with Gasteiger partial charge in [-0.15, -0.1) is 0 Å². The fourth-order valence-corrected chi connectivity index (χ4v) is 1.07. The van der Waals surface area contributed by atoms with Crippen LogP contribution in [0, 0.1) is 6.92 Å². The van der Waals surface area contributed by atoms with Gasteiger partial charge in [0.2, 0.25) is 5.28 Å². The highest BCUT2D eigenvalue weighted by atomic mass is 35.5. The average molecular weight is 200 g/mol. The smallest absolute Gasteiger partial charge is 0.256 e. The topological polar surface area (TPSA) is 46.1 Å². The molecule has 5 heteroatoms. The molecule has 0 radical (unpaired) electrons. The van der Waals surface area contributed by atoms with Crippen LogP contribution >= 0.6 is 11.6 Å². The van der Waals surface area contributed by atoms with Crippen molar-refractivity contribution >= 4 is 17.5 Å². The van der Waals surface area contributed by atoms with Crippen molar-refractivity contribution in [2.75, 3.05) is 14.1 Å². The van der Waals surface area contributed by atoms with Gasteiger partial charge in [-0.1, -0.05) is 0 Å². The second-order valence-electron chi connectivity index (χ2n) is 2.84. The molecule has 0 aromatic carbocycles. The third kappa shape index (κ3) is 2.15. The van der Waals surface area contributed by atoms with Crippen LogP contribution in [0.4, 0.5) is 0 Å². The van der Waals surface area contributed by atoms with Crippen molar-refractivity contribution in [2.45, 2.75) is 6.92 Å². The number of aryl methyl sites for hydroxylation is 1. The Hall–Kier alpha value is -1.16. The van der Waals surface area contributed by atoms with E-state index in [9.17, 15) is 4.79 Å². The Kier molecular flexibility index (Phi) is 2.83. The van der Waals surface area contributed by atoms with Gasteiger partial charge in [0.15, 0.2) is 0 Å². The summed E-state index contributed by atoms with van der Waals surface area (Å²) in [5.41, 5.74) is 1.08. The Morgan fingerprint density at radius 1 is 1.54 bits per heavy atom. The number of carbonyl (C=O) groups excluding carboxylic acids is 1. The van der Waals surface area contributed by atoms with Gasteiger partial charge >= 0.3 is 0 Å². The highest BCUT2D eigenvalue weighted by Gasteiger charge is 2.12. The minimum absolute atomic E-state index is 0.117. The molecule has 0 unspecified atom stereocenters. The minimum Gasteiger partial charge on any atom is -0.345 e. The molecule has 1 amide bonds. The monoisotopic (exact) mass is 199 g/mol. The summed E-state index contributed by atoms with van der Waals surface area (Å²) in [6.07, 6.45) is 1.44. The molecule has 0 saturated heterocycles. The van der Waals surface area contributed by atoms with Crippen molar-refractivity contribution in [3.05, 3.63) is 22.7 Å². The highest BCUT2D eigenvalue weighted by Crippen LogP contribution is 2.08. The summed E-state index contributed by atoms with van der Waals surface area (Å²) in [4.78, 5) is 20.6. The van der Waals surface area contributed by atoms with Gasteiger partial charge in [0, 0.05) is 20.3 Å². The van der Waals surface area contributed by atoms with Crippen LogP contribution in [0.25, 0.3) is 0 Å². The largest absolute Gasteiger partial charge is 0.345 e. The normalized spacial score (nSPS) is 9.85. The van der Waals surface area contributed by atoms with E-state index in [2.05, 4.69) is 9.97 Å². The molecular weight excluding hydrogens is 190 g/mol. The molecule has 1 aromatic heterocycles.